The van der Waals surface area contributed by atoms with Crippen LogP contribution in [-0.2, 0) is 9.59 Å². The third kappa shape index (κ3) is 6.96. The first-order chi connectivity index (χ1) is 16.7. The molecule has 1 fully saturated rings. The summed E-state index contributed by atoms with van der Waals surface area (Å²) in [7, 11) is 0. The van der Waals surface area contributed by atoms with Gasteiger partial charge in [-0.25, -0.2) is 9.69 Å². The van der Waals surface area contributed by atoms with Crippen LogP contribution >= 0.6 is 43.5 Å². The van der Waals surface area contributed by atoms with E-state index in [1.54, 1.807) is 31.2 Å². The molecule has 2 aromatic carbocycles. The zero-order valence-corrected chi connectivity index (χ0v) is 23.6. The highest BCUT2D eigenvalue weighted by Gasteiger charge is 2.37. The maximum absolute atomic E-state index is 13.2. The Morgan fingerprint density at radius 3 is 2.34 bits per heavy atom. The van der Waals surface area contributed by atoms with Gasteiger partial charge in [0.15, 0.2) is 0 Å². The standard InChI is InChI=1S/C26H27Br2ClN2O4/c1-3-4-5-6-7-8-11-35-23-20(27)13-17(14-21(23)28)12-19-24(32)30-26(34)31(25(19)33)22-15-18(29)10-9-16(22)2/h9-10,12-15H,3-8,11H2,1-2H3,(H,30,32,34)/b19-12+. The zero-order valence-electron chi connectivity index (χ0n) is 19.6. The number of urea groups is 1. The lowest BCUT2D eigenvalue weighted by molar-refractivity contribution is -0.122. The first-order valence-electron chi connectivity index (χ1n) is 11.5. The second-order valence-electron chi connectivity index (χ2n) is 8.32. The number of rotatable bonds is 10. The number of hydrogen-bond donors (Lipinski definition) is 1. The van der Waals surface area contributed by atoms with E-state index in [4.69, 9.17) is 16.3 Å². The van der Waals surface area contributed by atoms with Crippen LogP contribution in [-0.4, -0.2) is 24.5 Å². The molecule has 1 heterocycles. The van der Waals surface area contributed by atoms with Crippen molar-refractivity contribution in [1.29, 1.82) is 0 Å². The molecule has 0 radical (unpaired) electrons. The van der Waals surface area contributed by atoms with Crippen LogP contribution in [0.15, 0.2) is 44.9 Å². The average molecular weight is 627 g/mol. The average Bonchev–Trinajstić information content (AvgIpc) is 2.79. The predicted molar refractivity (Wildman–Crippen MR) is 146 cm³/mol. The Kier molecular flexibility index (Phi) is 9.95. The van der Waals surface area contributed by atoms with E-state index in [-0.39, 0.29) is 5.57 Å². The van der Waals surface area contributed by atoms with Crippen LogP contribution in [0.1, 0.15) is 56.6 Å². The Morgan fingerprint density at radius 1 is 1.00 bits per heavy atom. The van der Waals surface area contributed by atoms with E-state index in [0.717, 1.165) is 17.7 Å². The Balaban J connectivity index is 1.78. The van der Waals surface area contributed by atoms with Gasteiger partial charge in [-0.1, -0.05) is 56.7 Å². The SMILES string of the molecule is CCCCCCCCOc1c(Br)cc(/C=C2\C(=O)NC(=O)N(c3cc(Cl)ccc3C)C2=O)cc1Br. The molecule has 1 N–H and O–H groups in total. The predicted octanol–water partition coefficient (Wildman–Crippen LogP) is 7.58. The lowest BCUT2D eigenvalue weighted by Gasteiger charge is -2.27. The van der Waals surface area contributed by atoms with E-state index >= 15 is 0 Å². The van der Waals surface area contributed by atoms with Gasteiger partial charge in [-0.15, -0.1) is 0 Å². The Labute approximate surface area is 227 Å². The van der Waals surface area contributed by atoms with Crippen molar-refractivity contribution < 1.29 is 19.1 Å². The van der Waals surface area contributed by atoms with Crippen LogP contribution in [0.3, 0.4) is 0 Å². The van der Waals surface area contributed by atoms with E-state index in [9.17, 15) is 14.4 Å². The molecule has 0 unspecified atom stereocenters. The molecule has 0 aromatic heterocycles. The molecule has 4 amide bonds. The molecule has 3 rings (SSSR count). The zero-order chi connectivity index (χ0) is 25.5. The van der Waals surface area contributed by atoms with Crippen LogP contribution in [0.4, 0.5) is 10.5 Å². The minimum atomic E-state index is -0.816. The van der Waals surface area contributed by atoms with Gasteiger partial charge in [0.25, 0.3) is 11.8 Å². The molecule has 186 valence electrons. The number of aryl methyl sites for hydroxylation is 1. The number of anilines is 1. The molecule has 0 spiro atoms. The first-order valence-corrected chi connectivity index (χ1v) is 13.5. The number of barbiturate groups is 1. The molecular weight excluding hydrogens is 600 g/mol. The molecule has 1 aliphatic rings. The molecule has 0 saturated carbocycles. The van der Waals surface area contributed by atoms with E-state index in [0.29, 0.717) is 43.1 Å². The van der Waals surface area contributed by atoms with Crippen LogP contribution in [0.2, 0.25) is 5.02 Å². The van der Waals surface area contributed by atoms with Crippen molar-refractivity contribution in [3.05, 3.63) is 61.0 Å². The summed E-state index contributed by atoms with van der Waals surface area (Å²) in [5.74, 6) is -0.821. The fourth-order valence-corrected chi connectivity index (χ4v) is 5.34. The molecule has 35 heavy (non-hydrogen) atoms. The van der Waals surface area contributed by atoms with E-state index in [1.807, 2.05) is 0 Å². The van der Waals surface area contributed by atoms with Gasteiger partial charge in [0, 0.05) is 5.02 Å². The largest absolute Gasteiger partial charge is 0.491 e. The summed E-state index contributed by atoms with van der Waals surface area (Å²) in [5.41, 5.74) is 1.41. The maximum Gasteiger partial charge on any atom is 0.335 e. The van der Waals surface area contributed by atoms with Gasteiger partial charge in [0.2, 0.25) is 0 Å². The number of carbonyl (C=O) groups is 3. The summed E-state index contributed by atoms with van der Waals surface area (Å²) < 4.78 is 7.32. The smallest absolute Gasteiger partial charge is 0.335 e. The summed E-state index contributed by atoms with van der Waals surface area (Å²) in [6.07, 6.45) is 8.48. The molecule has 2 aromatic rings. The number of nitrogens with one attached hydrogen (secondary N) is 1. The highest BCUT2D eigenvalue weighted by molar-refractivity contribution is 9.11. The summed E-state index contributed by atoms with van der Waals surface area (Å²) in [6, 6.07) is 7.60. The highest BCUT2D eigenvalue weighted by atomic mass is 79.9. The van der Waals surface area contributed by atoms with Gasteiger partial charge in [-0.05, 0) is 86.7 Å². The van der Waals surface area contributed by atoms with Crippen molar-refractivity contribution in [2.75, 3.05) is 11.5 Å². The number of ether oxygens (including phenoxy) is 1. The van der Waals surface area contributed by atoms with E-state index in [2.05, 4.69) is 44.1 Å². The van der Waals surface area contributed by atoms with E-state index < -0.39 is 17.8 Å². The lowest BCUT2D eigenvalue weighted by Crippen LogP contribution is -2.54. The molecule has 1 saturated heterocycles. The molecule has 1 aliphatic heterocycles. The number of carbonyl (C=O) groups excluding carboxylic acids is 3. The summed E-state index contributed by atoms with van der Waals surface area (Å²) >= 11 is 13.1. The molecule has 9 heteroatoms. The van der Waals surface area contributed by atoms with Crippen molar-refractivity contribution >= 4 is 73.1 Å². The minimum absolute atomic E-state index is 0.163. The quantitative estimate of drug-likeness (QED) is 0.168. The monoisotopic (exact) mass is 624 g/mol. The third-order valence-corrected chi connectivity index (χ3v) is 7.00. The van der Waals surface area contributed by atoms with Crippen LogP contribution in [0, 0.1) is 6.92 Å². The number of amides is 4. The number of imide groups is 2. The molecule has 0 aliphatic carbocycles. The molecule has 0 atom stereocenters. The molecular formula is C26H27Br2ClN2O4. The van der Waals surface area contributed by atoms with Gasteiger partial charge in [-0.3, -0.25) is 14.9 Å². The number of benzene rings is 2. The fourth-order valence-electron chi connectivity index (χ4n) is 3.72. The summed E-state index contributed by atoms with van der Waals surface area (Å²) in [6.45, 7) is 4.55. The number of halogens is 3. The van der Waals surface area contributed by atoms with Gasteiger partial charge in [0.1, 0.15) is 11.3 Å². The second-order valence-corrected chi connectivity index (χ2v) is 10.5. The normalized spacial score (nSPS) is 15.1. The van der Waals surface area contributed by atoms with Crippen molar-refractivity contribution in [3.63, 3.8) is 0 Å². The lowest BCUT2D eigenvalue weighted by atomic mass is 10.1. The summed E-state index contributed by atoms with van der Waals surface area (Å²) in [5, 5.41) is 2.61. The topological polar surface area (TPSA) is 75.7 Å². The van der Waals surface area contributed by atoms with Crippen LogP contribution < -0.4 is 15.0 Å². The first kappa shape index (κ1) is 27.4. The van der Waals surface area contributed by atoms with Crippen molar-refractivity contribution in [1.82, 2.24) is 5.32 Å². The van der Waals surface area contributed by atoms with Crippen molar-refractivity contribution in [3.8, 4) is 5.75 Å². The van der Waals surface area contributed by atoms with Crippen molar-refractivity contribution in [2.24, 2.45) is 0 Å². The van der Waals surface area contributed by atoms with Crippen molar-refractivity contribution in [2.45, 2.75) is 52.4 Å². The van der Waals surface area contributed by atoms with Gasteiger partial charge in [-0.2, -0.15) is 0 Å². The Bertz CT molecular complexity index is 1140. The maximum atomic E-state index is 13.2. The van der Waals surface area contributed by atoms with Gasteiger partial charge in [0.05, 0.1) is 21.2 Å². The number of hydrogen-bond acceptors (Lipinski definition) is 4. The van der Waals surface area contributed by atoms with Crippen LogP contribution in [0.25, 0.3) is 6.08 Å². The van der Waals surface area contributed by atoms with Gasteiger partial charge < -0.3 is 4.74 Å². The number of nitrogens with zero attached hydrogens (tertiary/aromatic N) is 1. The molecule has 6 nitrogen and oxygen atoms in total. The van der Waals surface area contributed by atoms with Crippen LogP contribution in [0.5, 0.6) is 5.75 Å². The fraction of sp³-hybridized carbons (Fsp3) is 0.346. The Hall–Kier alpha value is -2.16. The third-order valence-electron chi connectivity index (χ3n) is 5.59. The highest BCUT2D eigenvalue weighted by Crippen LogP contribution is 2.36. The Morgan fingerprint density at radius 2 is 1.66 bits per heavy atom. The van der Waals surface area contributed by atoms with Gasteiger partial charge >= 0.3 is 6.03 Å². The second kappa shape index (κ2) is 12.7. The summed E-state index contributed by atoms with van der Waals surface area (Å²) in [4.78, 5) is 39.2. The number of unbranched alkanes of at least 4 members (excludes halogenated alkanes) is 5. The van der Waals surface area contributed by atoms with E-state index in [1.165, 1.54) is 37.8 Å². The minimum Gasteiger partial charge on any atom is -0.491 e. The molecule has 0 bridgehead atoms.